The molecule has 1 atom stereocenters. The molecule has 0 aromatic carbocycles. The molecular formula is C15H15F2N3O2S. The van der Waals surface area contributed by atoms with E-state index in [9.17, 15) is 13.6 Å². The lowest BCUT2D eigenvalue weighted by molar-refractivity contribution is 0.0208. The second-order valence-electron chi connectivity index (χ2n) is 5.22. The highest BCUT2D eigenvalue weighted by Gasteiger charge is 2.26. The van der Waals surface area contributed by atoms with Gasteiger partial charge in [-0.05, 0) is 23.1 Å². The van der Waals surface area contributed by atoms with Gasteiger partial charge >= 0.3 is 0 Å². The van der Waals surface area contributed by atoms with E-state index in [0.717, 1.165) is 24.4 Å². The van der Waals surface area contributed by atoms with Crippen LogP contribution >= 0.6 is 11.3 Å². The lowest BCUT2D eigenvalue weighted by Crippen LogP contribution is -2.34. The van der Waals surface area contributed by atoms with Gasteiger partial charge in [-0.25, -0.2) is 18.7 Å². The minimum atomic E-state index is -2.73. The van der Waals surface area contributed by atoms with Crippen LogP contribution in [0.25, 0.3) is 0 Å². The first-order valence-corrected chi connectivity index (χ1v) is 7.97. The van der Waals surface area contributed by atoms with E-state index in [1.807, 2.05) is 11.4 Å². The van der Waals surface area contributed by atoms with Crippen molar-refractivity contribution in [3.05, 3.63) is 45.7 Å². The molecule has 1 unspecified atom stereocenters. The third-order valence-electron chi connectivity index (χ3n) is 3.69. The smallest absolute Gasteiger partial charge is 0.280 e. The Morgan fingerprint density at radius 3 is 3.13 bits per heavy atom. The standard InChI is InChI=1S/C15H15F2N3O2S/c1-20(7-12-9-3-5-23-13(9)2-4-22-12)15(21)11-6-10(14(16)17)18-8-19-11/h3,5-6,8,12,14H,2,4,7H2,1H3. The summed E-state index contributed by atoms with van der Waals surface area (Å²) in [7, 11) is 1.61. The van der Waals surface area contributed by atoms with Crippen LogP contribution in [0.4, 0.5) is 8.78 Å². The molecule has 0 N–H and O–H groups in total. The number of hydrogen-bond donors (Lipinski definition) is 0. The van der Waals surface area contributed by atoms with Gasteiger partial charge in [-0.15, -0.1) is 11.3 Å². The Morgan fingerprint density at radius 1 is 1.52 bits per heavy atom. The maximum atomic E-state index is 12.7. The van der Waals surface area contributed by atoms with Crippen LogP contribution in [-0.4, -0.2) is 41.0 Å². The molecule has 2 aromatic rings. The molecule has 3 rings (SSSR count). The first-order valence-electron chi connectivity index (χ1n) is 7.09. The molecule has 0 saturated carbocycles. The Balaban J connectivity index is 1.73. The Kier molecular flexibility index (Phi) is 4.63. The number of aromatic nitrogens is 2. The average molecular weight is 339 g/mol. The fourth-order valence-corrected chi connectivity index (χ4v) is 3.43. The molecule has 0 radical (unpaired) electrons. The van der Waals surface area contributed by atoms with E-state index in [2.05, 4.69) is 9.97 Å². The number of likely N-dealkylation sites (N-methyl/N-ethyl adjacent to an activating group) is 1. The quantitative estimate of drug-likeness (QED) is 0.859. The van der Waals surface area contributed by atoms with Gasteiger partial charge in [0.15, 0.2) is 0 Å². The van der Waals surface area contributed by atoms with Gasteiger partial charge in [-0.2, -0.15) is 0 Å². The van der Waals surface area contributed by atoms with E-state index in [4.69, 9.17) is 4.74 Å². The lowest BCUT2D eigenvalue weighted by Gasteiger charge is -2.27. The number of thiophene rings is 1. The summed E-state index contributed by atoms with van der Waals surface area (Å²) in [5.74, 6) is -0.430. The van der Waals surface area contributed by atoms with E-state index in [0.29, 0.717) is 13.2 Å². The predicted molar refractivity (Wildman–Crippen MR) is 80.7 cm³/mol. The minimum Gasteiger partial charge on any atom is -0.371 e. The summed E-state index contributed by atoms with van der Waals surface area (Å²) in [6, 6.07) is 3.03. The monoisotopic (exact) mass is 339 g/mol. The zero-order valence-corrected chi connectivity index (χ0v) is 13.2. The molecule has 0 fully saturated rings. The number of ether oxygens (including phenoxy) is 1. The number of nitrogens with zero attached hydrogens (tertiary/aromatic N) is 3. The van der Waals surface area contributed by atoms with E-state index < -0.39 is 18.0 Å². The van der Waals surface area contributed by atoms with Crippen molar-refractivity contribution in [2.45, 2.75) is 19.0 Å². The second kappa shape index (κ2) is 6.67. The molecule has 1 aliphatic heterocycles. The molecule has 2 aromatic heterocycles. The molecule has 0 saturated heterocycles. The van der Waals surface area contributed by atoms with E-state index in [1.54, 1.807) is 18.4 Å². The normalized spacial score (nSPS) is 17.1. The van der Waals surface area contributed by atoms with Crippen molar-refractivity contribution in [2.24, 2.45) is 0 Å². The van der Waals surface area contributed by atoms with Crippen LogP contribution in [0.1, 0.15) is 39.2 Å². The fraction of sp³-hybridized carbons (Fsp3) is 0.400. The third-order valence-corrected chi connectivity index (χ3v) is 4.69. The Bertz CT molecular complexity index is 708. The SMILES string of the molecule is CN(CC1OCCc2sccc21)C(=O)c1cc(C(F)F)ncn1. The summed E-state index contributed by atoms with van der Waals surface area (Å²) in [4.78, 5) is 22.3. The molecule has 122 valence electrons. The maximum absolute atomic E-state index is 12.7. The number of alkyl halides is 2. The summed E-state index contributed by atoms with van der Waals surface area (Å²) >= 11 is 1.68. The van der Waals surface area contributed by atoms with E-state index in [-0.39, 0.29) is 11.8 Å². The summed E-state index contributed by atoms with van der Waals surface area (Å²) in [6.45, 7) is 0.958. The van der Waals surface area contributed by atoms with Gasteiger partial charge in [0.1, 0.15) is 23.8 Å². The van der Waals surface area contributed by atoms with E-state index >= 15 is 0 Å². The minimum absolute atomic E-state index is 0.0425. The van der Waals surface area contributed by atoms with Crippen molar-refractivity contribution < 1.29 is 18.3 Å². The van der Waals surface area contributed by atoms with Crippen LogP contribution in [0.15, 0.2) is 23.8 Å². The van der Waals surface area contributed by atoms with Crippen LogP contribution in [0.5, 0.6) is 0 Å². The van der Waals surface area contributed by atoms with Gasteiger partial charge in [-0.3, -0.25) is 4.79 Å². The van der Waals surface area contributed by atoms with Crippen molar-refractivity contribution in [1.29, 1.82) is 0 Å². The molecule has 0 spiro atoms. The Labute approximate surface area is 135 Å². The van der Waals surface area contributed by atoms with Crippen LogP contribution < -0.4 is 0 Å². The highest BCUT2D eigenvalue weighted by molar-refractivity contribution is 7.10. The zero-order chi connectivity index (χ0) is 16.4. The van der Waals surface area contributed by atoms with Gasteiger partial charge in [0, 0.05) is 18.3 Å². The van der Waals surface area contributed by atoms with Crippen molar-refractivity contribution in [3.63, 3.8) is 0 Å². The molecule has 23 heavy (non-hydrogen) atoms. The maximum Gasteiger partial charge on any atom is 0.280 e. The fourth-order valence-electron chi connectivity index (χ4n) is 2.51. The van der Waals surface area contributed by atoms with Crippen LogP contribution in [-0.2, 0) is 11.2 Å². The van der Waals surface area contributed by atoms with Crippen molar-refractivity contribution in [1.82, 2.24) is 14.9 Å². The number of rotatable bonds is 4. The zero-order valence-electron chi connectivity index (χ0n) is 12.4. The summed E-state index contributed by atoms with van der Waals surface area (Å²) in [6.07, 6.45) is -1.07. The first-order chi connectivity index (χ1) is 11.1. The molecule has 5 nitrogen and oxygen atoms in total. The number of hydrogen-bond acceptors (Lipinski definition) is 5. The van der Waals surface area contributed by atoms with Gasteiger partial charge in [0.25, 0.3) is 12.3 Å². The van der Waals surface area contributed by atoms with Gasteiger partial charge in [-0.1, -0.05) is 0 Å². The van der Waals surface area contributed by atoms with Crippen LogP contribution in [0, 0.1) is 0 Å². The highest BCUT2D eigenvalue weighted by Crippen LogP contribution is 2.31. The molecule has 1 aliphatic rings. The molecule has 0 bridgehead atoms. The number of fused-ring (bicyclic) bond motifs is 1. The summed E-state index contributed by atoms with van der Waals surface area (Å²) < 4.78 is 31.1. The van der Waals surface area contributed by atoms with Gasteiger partial charge in [0.05, 0.1) is 13.2 Å². The third kappa shape index (κ3) is 3.37. The topological polar surface area (TPSA) is 55.3 Å². The predicted octanol–water partition coefficient (Wildman–Crippen LogP) is 2.86. The molecule has 1 amide bonds. The molecule has 3 heterocycles. The van der Waals surface area contributed by atoms with Crippen LogP contribution in [0.2, 0.25) is 0 Å². The van der Waals surface area contributed by atoms with Crippen LogP contribution in [0.3, 0.4) is 0 Å². The van der Waals surface area contributed by atoms with Crippen molar-refractivity contribution in [3.8, 4) is 0 Å². The lowest BCUT2D eigenvalue weighted by atomic mass is 10.1. The number of amides is 1. The second-order valence-corrected chi connectivity index (χ2v) is 6.22. The number of halogens is 2. The summed E-state index contributed by atoms with van der Waals surface area (Å²) in [5, 5.41) is 2.01. The summed E-state index contributed by atoms with van der Waals surface area (Å²) in [5.41, 5.74) is 0.599. The number of carbonyl (C=O) groups excluding carboxylic acids is 1. The van der Waals surface area contributed by atoms with E-state index in [1.165, 1.54) is 9.78 Å². The Morgan fingerprint density at radius 2 is 2.35 bits per heavy atom. The van der Waals surface area contributed by atoms with Gasteiger partial charge in [0.2, 0.25) is 0 Å². The average Bonchev–Trinajstić information content (AvgIpc) is 3.04. The van der Waals surface area contributed by atoms with Crippen molar-refractivity contribution in [2.75, 3.05) is 20.2 Å². The largest absolute Gasteiger partial charge is 0.371 e. The first kappa shape index (κ1) is 15.9. The molecule has 8 heteroatoms. The number of carbonyl (C=O) groups is 1. The highest BCUT2D eigenvalue weighted by atomic mass is 32.1. The van der Waals surface area contributed by atoms with Gasteiger partial charge < -0.3 is 9.64 Å². The molecule has 0 aliphatic carbocycles. The Hall–Kier alpha value is -1.93. The van der Waals surface area contributed by atoms with Crippen molar-refractivity contribution >= 4 is 17.2 Å². The molecular weight excluding hydrogens is 324 g/mol.